The summed E-state index contributed by atoms with van der Waals surface area (Å²) in [7, 11) is 0. The Labute approximate surface area is 108 Å². The third kappa shape index (κ3) is 5.87. The first-order valence-corrected chi connectivity index (χ1v) is 7.41. The predicted molar refractivity (Wildman–Crippen MR) is 74.4 cm³/mol. The fourth-order valence-corrected chi connectivity index (χ4v) is 2.56. The minimum atomic E-state index is 0.154. The SMILES string of the molecule is CC(C)CCCOC1(CNC(C)C)CCCC1. The van der Waals surface area contributed by atoms with Crippen LogP contribution in [0, 0.1) is 5.92 Å². The zero-order valence-corrected chi connectivity index (χ0v) is 12.2. The van der Waals surface area contributed by atoms with E-state index in [1.165, 1.54) is 38.5 Å². The highest BCUT2D eigenvalue weighted by atomic mass is 16.5. The number of rotatable bonds is 8. The Morgan fingerprint density at radius 2 is 1.76 bits per heavy atom. The van der Waals surface area contributed by atoms with Crippen molar-refractivity contribution in [2.24, 2.45) is 5.92 Å². The largest absolute Gasteiger partial charge is 0.374 e. The van der Waals surface area contributed by atoms with Crippen LogP contribution in [0.4, 0.5) is 0 Å². The van der Waals surface area contributed by atoms with E-state index in [0.717, 1.165) is 19.1 Å². The average Bonchev–Trinajstić information content (AvgIpc) is 2.71. The van der Waals surface area contributed by atoms with Crippen molar-refractivity contribution in [3.05, 3.63) is 0 Å². The fourth-order valence-electron chi connectivity index (χ4n) is 2.56. The van der Waals surface area contributed by atoms with Gasteiger partial charge in [0.05, 0.1) is 5.60 Å². The molecule has 102 valence electrons. The van der Waals surface area contributed by atoms with E-state index in [1.807, 2.05) is 0 Å². The molecule has 0 aliphatic heterocycles. The van der Waals surface area contributed by atoms with Crippen LogP contribution in [0.3, 0.4) is 0 Å². The van der Waals surface area contributed by atoms with Gasteiger partial charge in [-0.25, -0.2) is 0 Å². The smallest absolute Gasteiger partial charge is 0.0806 e. The van der Waals surface area contributed by atoms with Gasteiger partial charge in [-0.1, -0.05) is 40.5 Å². The summed E-state index contributed by atoms with van der Waals surface area (Å²) < 4.78 is 6.23. The summed E-state index contributed by atoms with van der Waals surface area (Å²) in [5.74, 6) is 0.798. The first-order chi connectivity index (χ1) is 8.04. The molecule has 0 aromatic rings. The Hall–Kier alpha value is -0.0800. The predicted octanol–water partition coefficient (Wildman–Crippen LogP) is 3.75. The van der Waals surface area contributed by atoms with Gasteiger partial charge in [-0.2, -0.15) is 0 Å². The lowest BCUT2D eigenvalue weighted by Gasteiger charge is -2.31. The van der Waals surface area contributed by atoms with Gasteiger partial charge in [0.25, 0.3) is 0 Å². The Morgan fingerprint density at radius 3 is 2.29 bits per heavy atom. The molecule has 0 bridgehead atoms. The molecule has 1 aliphatic rings. The molecule has 1 saturated carbocycles. The summed E-state index contributed by atoms with van der Waals surface area (Å²) in [5, 5.41) is 3.55. The lowest BCUT2D eigenvalue weighted by molar-refractivity contribution is -0.0424. The van der Waals surface area contributed by atoms with Gasteiger partial charge in [0, 0.05) is 19.2 Å². The van der Waals surface area contributed by atoms with Gasteiger partial charge in [-0.05, 0) is 31.6 Å². The lowest BCUT2D eigenvalue weighted by Crippen LogP contribution is -2.43. The van der Waals surface area contributed by atoms with Crippen LogP contribution in [0.2, 0.25) is 0 Å². The zero-order valence-electron chi connectivity index (χ0n) is 12.2. The molecule has 2 heteroatoms. The van der Waals surface area contributed by atoms with Crippen molar-refractivity contribution in [3.8, 4) is 0 Å². The van der Waals surface area contributed by atoms with Crippen LogP contribution in [0.5, 0.6) is 0 Å². The van der Waals surface area contributed by atoms with Gasteiger partial charge in [0.15, 0.2) is 0 Å². The lowest BCUT2D eigenvalue weighted by atomic mass is 10.0. The average molecular weight is 241 g/mol. The number of hydrogen-bond acceptors (Lipinski definition) is 2. The second-order valence-electron chi connectivity index (χ2n) is 6.31. The molecule has 17 heavy (non-hydrogen) atoms. The van der Waals surface area contributed by atoms with Crippen molar-refractivity contribution >= 4 is 0 Å². The van der Waals surface area contributed by atoms with Crippen LogP contribution in [0.15, 0.2) is 0 Å². The highest BCUT2D eigenvalue weighted by Gasteiger charge is 2.34. The van der Waals surface area contributed by atoms with Gasteiger partial charge >= 0.3 is 0 Å². The molecule has 1 N–H and O–H groups in total. The maximum Gasteiger partial charge on any atom is 0.0806 e. The Balaban J connectivity index is 2.27. The van der Waals surface area contributed by atoms with Gasteiger partial charge in [0.2, 0.25) is 0 Å². The molecule has 0 aromatic heterocycles. The first-order valence-electron chi connectivity index (χ1n) is 7.41. The van der Waals surface area contributed by atoms with E-state index in [4.69, 9.17) is 4.74 Å². The zero-order chi connectivity index (χ0) is 12.7. The van der Waals surface area contributed by atoms with Crippen molar-refractivity contribution in [2.75, 3.05) is 13.2 Å². The van der Waals surface area contributed by atoms with E-state index in [9.17, 15) is 0 Å². The van der Waals surface area contributed by atoms with E-state index < -0.39 is 0 Å². The highest BCUT2D eigenvalue weighted by Crippen LogP contribution is 2.33. The molecule has 1 aliphatic carbocycles. The van der Waals surface area contributed by atoms with Crippen molar-refractivity contribution in [1.29, 1.82) is 0 Å². The number of hydrogen-bond donors (Lipinski definition) is 1. The Morgan fingerprint density at radius 1 is 1.12 bits per heavy atom. The van der Waals surface area contributed by atoms with Crippen LogP contribution < -0.4 is 5.32 Å². The van der Waals surface area contributed by atoms with E-state index in [2.05, 4.69) is 33.0 Å². The monoisotopic (exact) mass is 241 g/mol. The topological polar surface area (TPSA) is 21.3 Å². The summed E-state index contributed by atoms with van der Waals surface area (Å²) in [6.07, 6.45) is 7.66. The minimum Gasteiger partial charge on any atom is -0.374 e. The molecule has 0 spiro atoms. The Kier molecular flexibility index (Phi) is 6.50. The van der Waals surface area contributed by atoms with Crippen LogP contribution in [-0.2, 0) is 4.74 Å². The van der Waals surface area contributed by atoms with E-state index >= 15 is 0 Å². The molecule has 0 radical (unpaired) electrons. The molecule has 0 heterocycles. The third-order valence-electron chi connectivity index (χ3n) is 3.68. The summed E-state index contributed by atoms with van der Waals surface area (Å²) in [6, 6.07) is 0.562. The third-order valence-corrected chi connectivity index (χ3v) is 3.68. The van der Waals surface area contributed by atoms with Crippen molar-refractivity contribution in [2.45, 2.75) is 77.9 Å². The summed E-state index contributed by atoms with van der Waals surface area (Å²) in [4.78, 5) is 0. The van der Waals surface area contributed by atoms with Gasteiger partial charge in [0.1, 0.15) is 0 Å². The molecule has 0 amide bonds. The minimum absolute atomic E-state index is 0.154. The summed E-state index contributed by atoms with van der Waals surface area (Å²) >= 11 is 0. The highest BCUT2D eigenvalue weighted by molar-refractivity contribution is 4.89. The van der Waals surface area contributed by atoms with Crippen molar-refractivity contribution in [3.63, 3.8) is 0 Å². The standard InChI is InChI=1S/C15H31NO/c1-13(2)8-7-11-17-15(9-5-6-10-15)12-16-14(3)4/h13-14,16H,5-12H2,1-4H3. The molecule has 0 aromatic carbocycles. The maximum absolute atomic E-state index is 6.23. The molecule has 0 unspecified atom stereocenters. The quantitative estimate of drug-likeness (QED) is 0.653. The summed E-state index contributed by atoms with van der Waals surface area (Å²) in [5.41, 5.74) is 0.154. The van der Waals surface area contributed by atoms with Crippen LogP contribution in [-0.4, -0.2) is 24.8 Å². The van der Waals surface area contributed by atoms with E-state index in [-0.39, 0.29) is 5.60 Å². The summed E-state index contributed by atoms with van der Waals surface area (Å²) in [6.45, 7) is 11.0. The van der Waals surface area contributed by atoms with Gasteiger partial charge in [-0.3, -0.25) is 0 Å². The molecule has 1 fully saturated rings. The first kappa shape index (κ1) is 15.0. The van der Waals surface area contributed by atoms with E-state index in [1.54, 1.807) is 0 Å². The molecular formula is C15H31NO. The number of nitrogens with one attached hydrogen (secondary N) is 1. The molecule has 0 saturated heterocycles. The van der Waals surface area contributed by atoms with Gasteiger partial charge in [-0.15, -0.1) is 0 Å². The fraction of sp³-hybridized carbons (Fsp3) is 1.00. The number of ether oxygens (including phenoxy) is 1. The van der Waals surface area contributed by atoms with Crippen LogP contribution in [0.1, 0.15) is 66.2 Å². The molecule has 2 nitrogen and oxygen atoms in total. The second kappa shape index (κ2) is 7.38. The molecule has 1 rings (SSSR count). The molecule has 0 atom stereocenters. The van der Waals surface area contributed by atoms with Crippen LogP contribution >= 0.6 is 0 Å². The van der Waals surface area contributed by atoms with Crippen molar-refractivity contribution < 1.29 is 4.74 Å². The van der Waals surface area contributed by atoms with E-state index in [0.29, 0.717) is 6.04 Å². The second-order valence-corrected chi connectivity index (χ2v) is 6.31. The maximum atomic E-state index is 6.23. The van der Waals surface area contributed by atoms with Crippen LogP contribution in [0.25, 0.3) is 0 Å². The Bertz CT molecular complexity index is 195. The molecular weight excluding hydrogens is 210 g/mol. The normalized spacial score (nSPS) is 19.4. The van der Waals surface area contributed by atoms with Gasteiger partial charge < -0.3 is 10.1 Å². The van der Waals surface area contributed by atoms with Crippen molar-refractivity contribution in [1.82, 2.24) is 5.32 Å².